The molecule has 0 aliphatic carbocycles. The molecular formula is C18H15FN4OS. The first-order valence-corrected chi connectivity index (χ1v) is 8.86. The van der Waals surface area contributed by atoms with Gasteiger partial charge in [0, 0.05) is 11.8 Å². The summed E-state index contributed by atoms with van der Waals surface area (Å²) in [5.41, 5.74) is 2.67. The van der Waals surface area contributed by atoms with Gasteiger partial charge in [-0.05, 0) is 36.8 Å². The number of rotatable bonds is 2. The van der Waals surface area contributed by atoms with E-state index < -0.39 is 0 Å². The number of nitrogens with zero attached hydrogens (tertiary/aromatic N) is 3. The third-order valence-corrected chi connectivity index (χ3v) is 5.32. The monoisotopic (exact) mass is 354 g/mol. The first-order valence-electron chi connectivity index (χ1n) is 7.81. The van der Waals surface area contributed by atoms with E-state index in [9.17, 15) is 9.18 Å². The molecule has 126 valence electrons. The number of pyridine rings is 1. The number of nitrogens with one attached hydrogen (secondary N) is 1. The van der Waals surface area contributed by atoms with Crippen LogP contribution in [0.5, 0.6) is 0 Å². The van der Waals surface area contributed by atoms with Crippen molar-refractivity contribution in [2.75, 3.05) is 11.1 Å². The summed E-state index contributed by atoms with van der Waals surface area (Å²) >= 11 is 1.51. The lowest BCUT2D eigenvalue weighted by atomic mass is 10.0. The van der Waals surface area contributed by atoms with Gasteiger partial charge in [0.05, 0.1) is 16.7 Å². The number of hydrogen-bond donors (Lipinski definition) is 1. The lowest BCUT2D eigenvalue weighted by Gasteiger charge is -2.15. The number of hydrogen-bond acceptors (Lipinski definition) is 4. The van der Waals surface area contributed by atoms with Crippen LogP contribution in [0.1, 0.15) is 22.1 Å². The normalized spacial score (nSPS) is 16.9. The van der Waals surface area contributed by atoms with Crippen LogP contribution in [-0.2, 0) is 4.79 Å². The number of benzene rings is 1. The molecule has 0 saturated carbocycles. The number of amides is 1. The molecule has 3 aromatic rings. The van der Waals surface area contributed by atoms with Crippen LogP contribution in [0.3, 0.4) is 0 Å². The summed E-state index contributed by atoms with van der Waals surface area (Å²) in [5.74, 6) is 1.21. The van der Waals surface area contributed by atoms with Crippen LogP contribution in [0.15, 0.2) is 48.7 Å². The van der Waals surface area contributed by atoms with Crippen molar-refractivity contribution in [3.05, 3.63) is 71.3 Å². The minimum Gasteiger partial charge on any atom is -0.310 e. The van der Waals surface area contributed by atoms with Gasteiger partial charge in [0.2, 0.25) is 5.91 Å². The Hall–Kier alpha value is -2.67. The quantitative estimate of drug-likeness (QED) is 0.765. The molecule has 7 heteroatoms. The largest absolute Gasteiger partial charge is 0.310 e. The lowest BCUT2D eigenvalue weighted by molar-refractivity contribution is -0.113. The fourth-order valence-electron chi connectivity index (χ4n) is 2.93. The molecule has 0 bridgehead atoms. The molecule has 0 unspecified atom stereocenters. The highest BCUT2D eigenvalue weighted by molar-refractivity contribution is 8.00. The molecule has 4 rings (SSSR count). The molecule has 0 fully saturated rings. The first-order chi connectivity index (χ1) is 12.1. The van der Waals surface area contributed by atoms with E-state index in [0.29, 0.717) is 17.4 Å². The molecule has 0 radical (unpaired) electrons. The molecule has 0 spiro atoms. The van der Waals surface area contributed by atoms with Gasteiger partial charge >= 0.3 is 0 Å². The molecule has 1 N–H and O–H groups in total. The number of fused-ring (bicyclic) bond motifs is 1. The van der Waals surface area contributed by atoms with Crippen LogP contribution < -0.4 is 5.32 Å². The maximum Gasteiger partial charge on any atom is 0.235 e. The van der Waals surface area contributed by atoms with Gasteiger partial charge in [-0.3, -0.25) is 4.79 Å². The van der Waals surface area contributed by atoms with Gasteiger partial charge in [-0.1, -0.05) is 18.2 Å². The third kappa shape index (κ3) is 2.91. The van der Waals surface area contributed by atoms with Gasteiger partial charge in [-0.25, -0.2) is 9.37 Å². The van der Waals surface area contributed by atoms with Crippen LogP contribution in [0, 0.1) is 12.7 Å². The van der Waals surface area contributed by atoms with E-state index in [1.165, 1.54) is 23.9 Å². The Kier molecular flexibility index (Phi) is 4.01. The maximum absolute atomic E-state index is 13.3. The van der Waals surface area contributed by atoms with Crippen molar-refractivity contribution < 1.29 is 9.18 Å². The van der Waals surface area contributed by atoms with Crippen LogP contribution >= 0.6 is 11.8 Å². The summed E-state index contributed by atoms with van der Waals surface area (Å²) in [5, 5.41) is 7.43. The molecule has 2 aromatic heterocycles. The highest BCUT2D eigenvalue weighted by atomic mass is 32.2. The average molecular weight is 354 g/mol. The second-order valence-corrected chi connectivity index (χ2v) is 6.83. The molecule has 0 saturated heterocycles. The summed E-state index contributed by atoms with van der Waals surface area (Å²) in [6.45, 7) is 1.91. The highest BCUT2D eigenvalue weighted by Crippen LogP contribution is 2.43. The molecule has 5 nitrogen and oxygen atoms in total. The predicted octanol–water partition coefficient (Wildman–Crippen LogP) is 3.49. The molecule has 1 aliphatic heterocycles. The number of carbonyl (C=O) groups excluding carboxylic acids is 1. The van der Waals surface area contributed by atoms with E-state index in [0.717, 1.165) is 16.8 Å². The zero-order valence-corrected chi connectivity index (χ0v) is 14.3. The van der Waals surface area contributed by atoms with Gasteiger partial charge in [0.1, 0.15) is 11.6 Å². The fourth-order valence-corrected chi connectivity index (χ4v) is 4.12. The summed E-state index contributed by atoms with van der Waals surface area (Å²) in [4.78, 5) is 16.5. The second-order valence-electron chi connectivity index (χ2n) is 5.74. The number of carbonyl (C=O) groups is 1. The Morgan fingerprint density at radius 1 is 1.24 bits per heavy atom. The second kappa shape index (κ2) is 6.33. The summed E-state index contributed by atoms with van der Waals surface area (Å²) in [7, 11) is 0. The Bertz CT molecular complexity index is 924. The molecule has 1 amide bonds. The van der Waals surface area contributed by atoms with Gasteiger partial charge in [0.15, 0.2) is 5.82 Å². The number of aryl methyl sites for hydroxylation is 1. The fraction of sp³-hybridized carbons (Fsp3) is 0.167. The van der Waals surface area contributed by atoms with E-state index in [1.807, 2.05) is 25.1 Å². The number of aromatic nitrogens is 3. The molecular weight excluding hydrogens is 339 g/mol. The SMILES string of the molecule is Cc1nn(-c2ccccn2)c2c1[C@H](c1ccc(F)cc1)SCC(=O)N2. The number of halogens is 1. The van der Waals surface area contributed by atoms with Gasteiger partial charge in [0.25, 0.3) is 0 Å². The van der Waals surface area contributed by atoms with Crippen LogP contribution in [0.4, 0.5) is 10.2 Å². The molecule has 3 heterocycles. The highest BCUT2D eigenvalue weighted by Gasteiger charge is 2.30. The van der Waals surface area contributed by atoms with Crippen molar-refractivity contribution in [3.63, 3.8) is 0 Å². The number of thioether (sulfide) groups is 1. The van der Waals surface area contributed by atoms with Crippen LogP contribution in [0.2, 0.25) is 0 Å². The Morgan fingerprint density at radius 3 is 2.76 bits per heavy atom. The summed E-state index contributed by atoms with van der Waals surface area (Å²) in [6, 6.07) is 11.9. The smallest absolute Gasteiger partial charge is 0.235 e. The average Bonchev–Trinajstić information content (AvgIpc) is 2.83. The Labute approximate surface area is 148 Å². The van der Waals surface area contributed by atoms with Crippen molar-refractivity contribution in [1.29, 1.82) is 0 Å². The third-order valence-electron chi connectivity index (χ3n) is 4.05. The van der Waals surface area contributed by atoms with E-state index in [4.69, 9.17) is 0 Å². The summed E-state index contributed by atoms with van der Waals surface area (Å²) < 4.78 is 15.0. The minimum absolute atomic E-state index is 0.0899. The van der Waals surface area contributed by atoms with Crippen molar-refractivity contribution in [2.45, 2.75) is 12.2 Å². The van der Waals surface area contributed by atoms with Crippen LogP contribution in [0.25, 0.3) is 5.82 Å². The standard InChI is InChI=1S/C18H15FN4OS/c1-11-16-17(12-5-7-13(19)8-6-12)25-10-15(24)21-18(16)23(22-11)14-4-2-3-9-20-14/h2-9,17H,10H2,1H3,(H,21,24)/t17-/m0/s1. The molecule has 1 aliphatic rings. The molecule has 25 heavy (non-hydrogen) atoms. The van der Waals surface area contributed by atoms with Gasteiger partial charge in [-0.15, -0.1) is 11.8 Å². The van der Waals surface area contributed by atoms with E-state index in [-0.39, 0.29) is 17.0 Å². The molecule has 1 atom stereocenters. The van der Waals surface area contributed by atoms with E-state index in [1.54, 1.807) is 23.0 Å². The predicted molar refractivity (Wildman–Crippen MR) is 95.4 cm³/mol. The van der Waals surface area contributed by atoms with Crippen molar-refractivity contribution >= 4 is 23.5 Å². The van der Waals surface area contributed by atoms with Crippen molar-refractivity contribution in [2.24, 2.45) is 0 Å². The topological polar surface area (TPSA) is 59.8 Å². The Morgan fingerprint density at radius 2 is 2.04 bits per heavy atom. The van der Waals surface area contributed by atoms with Crippen LogP contribution in [-0.4, -0.2) is 26.4 Å². The first kappa shape index (κ1) is 15.8. The Balaban J connectivity index is 1.88. The van der Waals surface area contributed by atoms with Crippen molar-refractivity contribution in [3.8, 4) is 5.82 Å². The number of anilines is 1. The van der Waals surface area contributed by atoms with Gasteiger partial charge < -0.3 is 5.32 Å². The van der Waals surface area contributed by atoms with Crippen molar-refractivity contribution in [1.82, 2.24) is 14.8 Å². The lowest BCUT2D eigenvalue weighted by Crippen LogP contribution is -2.16. The molecule has 1 aromatic carbocycles. The van der Waals surface area contributed by atoms with E-state index >= 15 is 0 Å². The van der Waals surface area contributed by atoms with E-state index in [2.05, 4.69) is 15.4 Å². The maximum atomic E-state index is 13.3. The van der Waals surface area contributed by atoms with Gasteiger partial charge in [-0.2, -0.15) is 9.78 Å². The zero-order valence-electron chi connectivity index (χ0n) is 13.4. The summed E-state index contributed by atoms with van der Waals surface area (Å²) in [6.07, 6.45) is 1.68. The minimum atomic E-state index is -0.280. The zero-order chi connectivity index (χ0) is 17.4.